The van der Waals surface area contributed by atoms with E-state index in [2.05, 4.69) is 10.6 Å². The Bertz CT molecular complexity index is 864. The number of nitrogens with one attached hydrogen (secondary N) is 2. The van der Waals surface area contributed by atoms with E-state index in [0.29, 0.717) is 24.4 Å². The summed E-state index contributed by atoms with van der Waals surface area (Å²) in [6.07, 6.45) is 3.07. The minimum Gasteiger partial charge on any atom is -0.325 e. The molecule has 1 atom stereocenters. The van der Waals surface area contributed by atoms with Gasteiger partial charge in [-0.15, -0.1) is 12.4 Å². The van der Waals surface area contributed by atoms with E-state index < -0.39 is 0 Å². The zero-order chi connectivity index (χ0) is 18.8. The van der Waals surface area contributed by atoms with Crippen LogP contribution in [0.15, 0.2) is 42.5 Å². The molecule has 0 saturated carbocycles. The van der Waals surface area contributed by atoms with Crippen molar-refractivity contribution in [2.24, 2.45) is 0 Å². The van der Waals surface area contributed by atoms with E-state index >= 15 is 0 Å². The van der Waals surface area contributed by atoms with E-state index in [0.717, 1.165) is 41.9 Å². The standard InChI is InChI=1S/C21H22ClN3O2.ClH/c22-16-6-3-14(4-7-16)13-25-19-9-8-17(12-15(19)5-10-20(25)26)24-21(27)18-2-1-11-23-18;/h3-4,6-9,12,18,23H,1-2,5,10-11,13H2,(H,24,27);1H. The normalized spacial score (nSPS) is 18.4. The van der Waals surface area contributed by atoms with Crippen LogP contribution in [0.3, 0.4) is 0 Å². The molecule has 1 saturated heterocycles. The van der Waals surface area contributed by atoms with Gasteiger partial charge < -0.3 is 15.5 Å². The lowest BCUT2D eigenvalue weighted by Crippen LogP contribution is -2.36. The van der Waals surface area contributed by atoms with Crippen molar-refractivity contribution in [3.8, 4) is 0 Å². The molecule has 28 heavy (non-hydrogen) atoms. The van der Waals surface area contributed by atoms with E-state index in [-0.39, 0.29) is 30.3 Å². The van der Waals surface area contributed by atoms with E-state index in [4.69, 9.17) is 11.6 Å². The molecule has 2 aliphatic heterocycles. The second-order valence-corrected chi connectivity index (χ2v) is 7.52. The van der Waals surface area contributed by atoms with E-state index in [1.165, 1.54) is 0 Å². The fourth-order valence-corrected chi connectivity index (χ4v) is 3.85. The van der Waals surface area contributed by atoms with Crippen molar-refractivity contribution >= 4 is 47.2 Å². The molecule has 2 aromatic carbocycles. The molecule has 0 bridgehead atoms. The number of aryl methyl sites for hydroxylation is 1. The molecule has 0 radical (unpaired) electrons. The van der Waals surface area contributed by atoms with Crippen molar-refractivity contribution in [2.45, 2.75) is 38.3 Å². The van der Waals surface area contributed by atoms with Gasteiger partial charge in [-0.1, -0.05) is 23.7 Å². The van der Waals surface area contributed by atoms with Gasteiger partial charge in [0.15, 0.2) is 0 Å². The number of nitrogens with zero attached hydrogens (tertiary/aromatic N) is 1. The van der Waals surface area contributed by atoms with Crippen LogP contribution in [0.5, 0.6) is 0 Å². The number of benzene rings is 2. The molecule has 2 aromatic rings. The molecule has 0 aliphatic carbocycles. The van der Waals surface area contributed by atoms with Gasteiger partial charge in [-0.2, -0.15) is 0 Å². The first-order chi connectivity index (χ1) is 13.1. The van der Waals surface area contributed by atoms with Crippen LogP contribution in [0.25, 0.3) is 0 Å². The number of carbonyl (C=O) groups is 2. The molecule has 2 amide bonds. The Morgan fingerprint density at radius 2 is 1.96 bits per heavy atom. The summed E-state index contributed by atoms with van der Waals surface area (Å²) < 4.78 is 0. The minimum atomic E-state index is -0.107. The van der Waals surface area contributed by atoms with Crippen LogP contribution in [0, 0.1) is 0 Å². The van der Waals surface area contributed by atoms with Crippen molar-refractivity contribution in [3.63, 3.8) is 0 Å². The largest absolute Gasteiger partial charge is 0.325 e. The number of amides is 2. The third kappa shape index (κ3) is 4.49. The zero-order valence-electron chi connectivity index (χ0n) is 15.4. The second kappa shape index (κ2) is 8.95. The average molecular weight is 420 g/mol. The summed E-state index contributed by atoms with van der Waals surface area (Å²) in [6.45, 7) is 1.41. The maximum Gasteiger partial charge on any atom is 0.241 e. The maximum absolute atomic E-state index is 12.5. The van der Waals surface area contributed by atoms with E-state index in [1.54, 1.807) is 0 Å². The Kier molecular flexibility index (Phi) is 6.60. The summed E-state index contributed by atoms with van der Waals surface area (Å²) in [7, 11) is 0. The van der Waals surface area contributed by atoms with Gasteiger partial charge in [-0.25, -0.2) is 0 Å². The van der Waals surface area contributed by atoms with E-state index in [1.807, 2.05) is 47.4 Å². The third-order valence-corrected chi connectivity index (χ3v) is 5.43. The van der Waals surface area contributed by atoms with Gasteiger partial charge in [-0.05, 0) is 67.3 Å². The summed E-state index contributed by atoms with van der Waals surface area (Å²) in [5, 5.41) is 6.89. The summed E-state index contributed by atoms with van der Waals surface area (Å²) in [6, 6.07) is 13.2. The first-order valence-corrected chi connectivity index (χ1v) is 9.70. The van der Waals surface area contributed by atoms with Crippen LogP contribution in [-0.4, -0.2) is 24.4 Å². The molecule has 0 aromatic heterocycles. The van der Waals surface area contributed by atoms with E-state index in [9.17, 15) is 9.59 Å². The number of rotatable bonds is 4. The molecule has 4 rings (SSSR count). The highest BCUT2D eigenvalue weighted by molar-refractivity contribution is 6.30. The third-order valence-electron chi connectivity index (χ3n) is 5.18. The molecular formula is C21H23Cl2N3O2. The number of carbonyl (C=O) groups excluding carboxylic acids is 2. The lowest BCUT2D eigenvalue weighted by atomic mass is 9.99. The number of anilines is 2. The van der Waals surface area contributed by atoms with Crippen LogP contribution in [0.2, 0.25) is 5.02 Å². The fraction of sp³-hybridized carbons (Fsp3) is 0.333. The first kappa shape index (κ1) is 20.6. The molecule has 2 N–H and O–H groups in total. The van der Waals surface area contributed by atoms with Crippen LogP contribution in [0.1, 0.15) is 30.4 Å². The summed E-state index contributed by atoms with van der Waals surface area (Å²) in [5.74, 6) is 0.127. The van der Waals surface area contributed by atoms with Crippen molar-refractivity contribution < 1.29 is 9.59 Å². The average Bonchev–Trinajstić information content (AvgIpc) is 3.21. The number of halogens is 2. The van der Waals surface area contributed by atoms with Crippen LogP contribution in [-0.2, 0) is 22.6 Å². The molecule has 7 heteroatoms. The molecular weight excluding hydrogens is 397 g/mol. The Labute approximate surface area is 175 Å². The lowest BCUT2D eigenvalue weighted by Gasteiger charge is -2.30. The number of hydrogen-bond acceptors (Lipinski definition) is 3. The number of fused-ring (bicyclic) bond motifs is 1. The predicted octanol–water partition coefficient (Wildman–Crippen LogP) is 3.93. The lowest BCUT2D eigenvalue weighted by molar-refractivity contribution is -0.119. The highest BCUT2D eigenvalue weighted by Gasteiger charge is 2.26. The molecule has 2 heterocycles. The molecule has 1 fully saturated rings. The first-order valence-electron chi connectivity index (χ1n) is 9.32. The highest BCUT2D eigenvalue weighted by atomic mass is 35.5. The molecule has 5 nitrogen and oxygen atoms in total. The Balaban J connectivity index is 0.00000225. The van der Waals surface area contributed by atoms with Gasteiger partial charge in [0.2, 0.25) is 11.8 Å². The molecule has 1 unspecified atom stereocenters. The van der Waals surface area contributed by atoms with Crippen LogP contribution in [0.4, 0.5) is 11.4 Å². The summed E-state index contributed by atoms with van der Waals surface area (Å²) in [5.41, 5.74) is 3.82. The Morgan fingerprint density at radius 1 is 1.18 bits per heavy atom. The fourth-order valence-electron chi connectivity index (χ4n) is 3.72. The zero-order valence-corrected chi connectivity index (χ0v) is 17.0. The molecule has 0 spiro atoms. The van der Waals surface area contributed by atoms with Gasteiger partial charge in [0.1, 0.15) is 0 Å². The highest BCUT2D eigenvalue weighted by Crippen LogP contribution is 2.32. The van der Waals surface area contributed by atoms with Crippen molar-refractivity contribution in [1.29, 1.82) is 0 Å². The van der Waals surface area contributed by atoms with Gasteiger partial charge >= 0.3 is 0 Å². The molecule has 148 valence electrons. The quantitative estimate of drug-likeness (QED) is 0.788. The smallest absolute Gasteiger partial charge is 0.241 e. The van der Waals surface area contributed by atoms with Crippen molar-refractivity contribution in [2.75, 3.05) is 16.8 Å². The number of hydrogen-bond donors (Lipinski definition) is 2. The van der Waals surface area contributed by atoms with Gasteiger partial charge in [0, 0.05) is 22.8 Å². The van der Waals surface area contributed by atoms with Gasteiger partial charge in [0.25, 0.3) is 0 Å². The Morgan fingerprint density at radius 3 is 2.68 bits per heavy atom. The summed E-state index contributed by atoms with van der Waals surface area (Å²) >= 11 is 5.95. The van der Waals surface area contributed by atoms with Crippen LogP contribution < -0.4 is 15.5 Å². The Hall–Kier alpha value is -2.08. The second-order valence-electron chi connectivity index (χ2n) is 7.09. The van der Waals surface area contributed by atoms with Crippen molar-refractivity contribution in [3.05, 3.63) is 58.6 Å². The van der Waals surface area contributed by atoms with Gasteiger partial charge in [0.05, 0.1) is 12.6 Å². The van der Waals surface area contributed by atoms with Crippen molar-refractivity contribution in [1.82, 2.24) is 5.32 Å². The molecule has 2 aliphatic rings. The van der Waals surface area contributed by atoms with Crippen LogP contribution >= 0.6 is 24.0 Å². The van der Waals surface area contributed by atoms with Gasteiger partial charge in [-0.3, -0.25) is 9.59 Å². The summed E-state index contributed by atoms with van der Waals surface area (Å²) in [4.78, 5) is 26.6. The SMILES string of the molecule is Cl.O=C(Nc1ccc2c(c1)CCC(=O)N2Cc1ccc(Cl)cc1)C1CCCN1. The maximum atomic E-state index is 12.5. The minimum absolute atomic E-state index is 0. The predicted molar refractivity (Wildman–Crippen MR) is 114 cm³/mol. The topological polar surface area (TPSA) is 61.4 Å². The monoisotopic (exact) mass is 419 g/mol.